The Kier molecular flexibility index (Phi) is 6.15. The molecule has 0 aliphatic carbocycles. The molecule has 2 heterocycles. The Bertz CT molecular complexity index is 1680. The minimum atomic E-state index is -3.81. The summed E-state index contributed by atoms with van der Waals surface area (Å²) in [4.78, 5) is 25.7. The van der Waals surface area contributed by atoms with Gasteiger partial charge in [0.05, 0.1) is 22.5 Å². The number of imidazole rings is 1. The molecule has 9 nitrogen and oxygen atoms in total. The Morgan fingerprint density at radius 3 is 2.54 bits per heavy atom. The molecular formula is C23H17ClN6O3S2. The Morgan fingerprint density at radius 2 is 1.77 bits per heavy atom. The van der Waals surface area contributed by atoms with E-state index >= 15 is 0 Å². The third-order valence-corrected chi connectivity index (χ3v) is 7.20. The minimum absolute atomic E-state index is 0.0338. The molecule has 0 bridgehead atoms. The van der Waals surface area contributed by atoms with Gasteiger partial charge in [0.15, 0.2) is 10.8 Å². The fourth-order valence-electron chi connectivity index (χ4n) is 3.61. The normalized spacial score (nSPS) is 11.7. The quantitative estimate of drug-likeness (QED) is 0.253. The third kappa shape index (κ3) is 4.84. The van der Waals surface area contributed by atoms with Crippen LogP contribution in [0.15, 0.2) is 83.0 Å². The van der Waals surface area contributed by atoms with Crippen LogP contribution in [0.3, 0.4) is 0 Å². The third-order valence-electron chi connectivity index (χ3n) is 5.15. The van der Waals surface area contributed by atoms with E-state index in [9.17, 15) is 13.2 Å². The van der Waals surface area contributed by atoms with Crippen LogP contribution in [0.2, 0.25) is 5.28 Å². The number of hydrogen-bond acceptors (Lipinski definition) is 7. The molecule has 0 saturated carbocycles. The highest BCUT2D eigenvalue weighted by molar-refractivity contribution is 7.99. The van der Waals surface area contributed by atoms with Crippen LogP contribution in [-0.4, -0.2) is 39.6 Å². The van der Waals surface area contributed by atoms with Gasteiger partial charge in [-0.25, -0.2) is 23.5 Å². The standard InChI is InChI=1S/C23H17ClN6O3S2/c24-22-26-12-18-21(29-22)30(19-7-3-5-14-4-1-2-6-17(14)19)23(28-18)34-13-20(31)27-15-8-10-16(11-9-15)35(25,32)33/h1-12H,13H2,(H,27,31)(H2,25,32,33). The lowest BCUT2D eigenvalue weighted by Gasteiger charge is -2.12. The van der Waals surface area contributed by atoms with Gasteiger partial charge in [-0.2, -0.15) is 4.98 Å². The van der Waals surface area contributed by atoms with Gasteiger partial charge in [-0.05, 0) is 47.3 Å². The number of benzene rings is 3. The lowest BCUT2D eigenvalue weighted by molar-refractivity contribution is -0.113. The zero-order valence-corrected chi connectivity index (χ0v) is 20.3. The highest BCUT2D eigenvalue weighted by Crippen LogP contribution is 2.31. The second-order valence-electron chi connectivity index (χ2n) is 7.48. The maximum atomic E-state index is 12.6. The molecule has 12 heteroatoms. The Hall–Kier alpha value is -3.51. The van der Waals surface area contributed by atoms with Crippen LogP contribution in [0, 0.1) is 0 Å². The highest BCUT2D eigenvalue weighted by atomic mass is 35.5. The van der Waals surface area contributed by atoms with E-state index in [2.05, 4.69) is 20.3 Å². The predicted octanol–water partition coefficient (Wildman–Crippen LogP) is 4.00. The number of hydrogen-bond donors (Lipinski definition) is 2. The monoisotopic (exact) mass is 524 g/mol. The number of fused-ring (bicyclic) bond motifs is 2. The summed E-state index contributed by atoms with van der Waals surface area (Å²) in [5.74, 6) is -0.245. The van der Waals surface area contributed by atoms with Crippen LogP contribution in [0.5, 0.6) is 0 Å². The summed E-state index contributed by atoms with van der Waals surface area (Å²) in [5.41, 5.74) is 2.37. The van der Waals surface area contributed by atoms with E-state index < -0.39 is 10.0 Å². The Labute approximate surface area is 209 Å². The molecule has 5 rings (SSSR count). The summed E-state index contributed by atoms with van der Waals surface area (Å²) in [5, 5.41) is 10.5. The molecule has 176 valence electrons. The largest absolute Gasteiger partial charge is 0.325 e. The van der Waals surface area contributed by atoms with Gasteiger partial charge in [0, 0.05) is 11.1 Å². The van der Waals surface area contributed by atoms with Crippen molar-refractivity contribution in [2.24, 2.45) is 5.14 Å². The minimum Gasteiger partial charge on any atom is -0.325 e. The van der Waals surface area contributed by atoms with E-state index in [0.29, 0.717) is 22.0 Å². The first-order valence-corrected chi connectivity index (χ1v) is 13.2. The fourth-order valence-corrected chi connectivity index (χ4v) is 5.06. The zero-order chi connectivity index (χ0) is 24.6. The van der Waals surface area contributed by atoms with Gasteiger partial charge >= 0.3 is 0 Å². The zero-order valence-electron chi connectivity index (χ0n) is 17.9. The number of anilines is 1. The van der Waals surface area contributed by atoms with Crippen LogP contribution in [0.4, 0.5) is 5.69 Å². The van der Waals surface area contributed by atoms with E-state index in [4.69, 9.17) is 16.7 Å². The molecule has 3 N–H and O–H groups in total. The SMILES string of the molecule is NS(=O)(=O)c1ccc(NC(=O)CSc2nc3cnc(Cl)nc3n2-c2cccc3ccccc23)cc1. The topological polar surface area (TPSA) is 133 Å². The van der Waals surface area contributed by atoms with Gasteiger partial charge in [0.1, 0.15) is 5.52 Å². The molecule has 3 aromatic carbocycles. The number of nitrogens with zero attached hydrogens (tertiary/aromatic N) is 4. The predicted molar refractivity (Wildman–Crippen MR) is 136 cm³/mol. The summed E-state index contributed by atoms with van der Waals surface area (Å²) in [6, 6.07) is 19.5. The fraction of sp³-hybridized carbons (Fsp3) is 0.0435. The number of nitrogens with two attached hydrogens (primary N) is 1. The number of carbonyl (C=O) groups is 1. The highest BCUT2D eigenvalue weighted by Gasteiger charge is 2.18. The smallest absolute Gasteiger partial charge is 0.238 e. The first-order chi connectivity index (χ1) is 16.8. The first kappa shape index (κ1) is 23.2. The van der Waals surface area contributed by atoms with E-state index in [-0.39, 0.29) is 21.8 Å². The molecule has 35 heavy (non-hydrogen) atoms. The molecule has 0 fully saturated rings. The van der Waals surface area contributed by atoms with Gasteiger partial charge in [-0.15, -0.1) is 0 Å². The number of aromatic nitrogens is 4. The molecule has 0 spiro atoms. The summed E-state index contributed by atoms with van der Waals surface area (Å²) in [6.07, 6.45) is 1.55. The van der Waals surface area contributed by atoms with E-state index in [0.717, 1.165) is 16.5 Å². The van der Waals surface area contributed by atoms with Crippen LogP contribution < -0.4 is 10.5 Å². The summed E-state index contributed by atoms with van der Waals surface area (Å²) >= 11 is 7.31. The first-order valence-electron chi connectivity index (χ1n) is 10.2. The summed E-state index contributed by atoms with van der Waals surface area (Å²) in [6.45, 7) is 0. The van der Waals surface area contributed by atoms with Crippen LogP contribution in [0.25, 0.3) is 27.6 Å². The number of nitrogens with one attached hydrogen (secondary N) is 1. The molecule has 0 aliphatic heterocycles. The van der Waals surface area contributed by atoms with Gasteiger partial charge in [-0.3, -0.25) is 9.36 Å². The number of thioether (sulfide) groups is 1. The Balaban J connectivity index is 1.45. The number of amides is 1. The number of rotatable bonds is 6. The van der Waals surface area contributed by atoms with Crippen LogP contribution in [0.1, 0.15) is 0 Å². The summed E-state index contributed by atoms with van der Waals surface area (Å²) in [7, 11) is -3.81. The van der Waals surface area contributed by atoms with Crippen molar-refractivity contribution in [3.05, 3.63) is 78.2 Å². The van der Waals surface area contributed by atoms with Crippen molar-refractivity contribution in [2.75, 3.05) is 11.1 Å². The molecule has 0 atom stereocenters. The average molecular weight is 525 g/mol. The molecule has 5 aromatic rings. The molecule has 0 aliphatic rings. The molecule has 0 saturated heterocycles. The molecule has 1 amide bonds. The second kappa shape index (κ2) is 9.27. The lowest BCUT2D eigenvalue weighted by Crippen LogP contribution is -2.15. The van der Waals surface area contributed by atoms with Gasteiger partial charge in [-0.1, -0.05) is 48.2 Å². The molecular weight excluding hydrogens is 508 g/mol. The maximum absolute atomic E-state index is 12.6. The second-order valence-corrected chi connectivity index (χ2v) is 10.3. The summed E-state index contributed by atoms with van der Waals surface area (Å²) < 4.78 is 24.7. The van der Waals surface area contributed by atoms with Gasteiger partial charge in [0.2, 0.25) is 21.2 Å². The van der Waals surface area contributed by atoms with Gasteiger partial charge in [0.25, 0.3) is 0 Å². The molecule has 0 radical (unpaired) electrons. The average Bonchev–Trinajstić information content (AvgIpc) is 3.19. The Morgan fingerprint density at radius 1 is 1.03 bits per heavy atom. The number of halogens is 1. The van der Waals surface area contributed by atoms with Crippen LogP contribution in [-0.2, 0) is 14.8 Å². The van der Waals surface area contributed by atoms with E-state index in [1.165, 1.54) is 36.0 Å². The number of sulfonamides is 1. The van der Waals surface area contributed by atoms with Crippen molar-refractivity contribution in [1.29, 1.82) is 0 Å². The van der Waals surface area contributed by atoms with Crippen molar-refractivity contribution >= 4 is 66.9 Å². The van der Waals surface area contributed by atoms with Crippen molar-refractivity contribution in [1.82, 2.24) is 19.5 Å². The van der Waals surface area contributed by atoms with Crippen molar-refractivity contribution in [2.45, 2.75) is 10.1 Å². The number of primary sulfonamides is 1. The number of carbonyl (C=O) groups excluding carboxylic acids is 1. The van der Waals surface area contributed by atoms with Gasteiger partial charge < -0.3 is 5.32 Å². The molecule has 0 unspecified atom stereocenters. The lowest BCUT2D eigenvalue weighted by atomic mass is 10.1. The van der Waals surface area contributed by atoms with Crippen LogP contribution >= 0.6 is 23.4 Å². The van der Waals surface area contributed by atoms with Crippen molar-refractivity contribution in [3.8, 4) is 5.69 Å². The van der Waals surface area contributed by atoms with E-state index in [1.54, 1.807) is 6.20 Å². The maximum Gasteiger partial charge on any atom is 0.238 e. The van der Waals surface area contributed by atoms with Crippen molar-refractivity contribution < 1.29 is 13.2 Å². The van der Waals surface area contributed by atoms with E-state index in [1.807, 2.05) is 47.0 Å². The molecule has 2 aromatic heterocycles. The van der Waals surface area contributed by atoms with Crippen molar-refractivity contribution in [3.63, 3.8) is 0 Å².